The average Bonchev–Trinajstić information content (AvgIpc) is 2.63. The second kappa shape index (κ2) is 8.18. The summed E-state index contributed by atoms with van der Waals surface area (Å²) in [6.07, 6.45) is 0.401. The highest BCUT2D eigenvalue weighted by molar-refractivity contribution is 5.58. The summed E-state index contributed by atoms with van der Waals surface area (Å²) in [6, 6.07) is 18.4. The van der Waals surface area contributed by atoms with Crippen LogP contribution in [0.1, 0.15) is 5.56 Å². The van der Waals surface area contributed by atoms with Crippen molar-refractivity contribution in [1.82, 2.24) is 4.90 Å². The Morgan fingerprint density at radius 3 is 2.33 bits per heavy atom. The van der Waals surface area contributed by atoms with E-state index in [1.54, 1.807) is 7.11 Å². The summed E-state index contributed by atoms with van der Waals surface area (Å²) in [5.74, 6) is 0.926. The van der Waals surface area contributed by atoms with E-state index in [-0.39, 0.29) is 6.10 Å². The molecule has 1 aliphatic heterocycles. The molecule has 1 N–H and O–H groups in total. The SMILES string of the molecule is COc1ccccc1N1CCN(C[C@@H](O)Cc2ccccc2)CC1. The molecule has 1 heterocycles. The predicted octanol–water partition coefficient (Wildman–Crippen LogP) is 2.42. The molecule has 1 saturated heterocycles. The third-order valence-electron chi connectivity index (χ3n) is 4.58. The molecule has 0 amide bonds. The van der Waals surface area contributed by atoms with Crippen molar-refractivity contribution >= 4 is 5.69 Å². The number of anilines is 1. The van der Waals surface area contributed by atoms with Crippen molar-refractivity contribution in [1.29, 1.82) is 0 Å². The van der Waals surface area contributed by atoms with Crippen molar-refractivity contribution in [2.24, 2.45) is 0 Å². The molecular weight excluding hydrogens is 300 g/mol. The van der Waals surface area contributed by atoms with Gasteiger partial charge in [-0.05, 0) is 24.1 Å². The molecule has 0 aromatic heterocycles. The van der Waals surface area contributed by atoms with Gasteiger partial charge in [0, 0.05) is 32.7 Å². The monoisotopic (exact) mass is 326 g/mol. The molecule has 24 heavy (non-hydrogen) atoms. The summed E-state index contributed by atoms with van der Waals surface area (Å²) < 4.78 is 5.46. The lowest BCUT2D eigenvalue weighted by molar-refractivity contribution is 0.109. The number of aliphatic hydroxyl groups excluding tert-OH is 1. The Balaban J connectivity index is 1.50. The van der Waals surface area contributed by atoms with Gasteiger partial charge in [-0.15, -0.1) is 0 Å². The Hall–Kier alpha value is -2.04. The van der Waals surface area contributed by atoms with Crippen LogP contribution < -0.4 is 9.64 Å². The van der Waals surface area contributed by atoms with Gasteiger partial charge in [0.15, 0.2) is 0 Å². The van der Waals surface area contributed by atoms with Gasteiger partial charge in [-0.1, -0.05) is 42.5 Å². The van der Waals surface area contributed by atoms with Gasteiger partial charge in [0.1, 0.15) is 5.75 Å². The molecule has 4 nitrogen and oxygen atoms in total. The fourth-order valence-electron chi connectivity index (χ4n) is 3.31. The number of hydrogen-bond donors (Lipinski definition) is 1. The number of benzene rings is 2. The molecule has 0 spiro atoms. The Morgan fingerprint density at radius 2 is 1.62 bits per heavy atom. The Bertz CT molecular complexity index is 625. The van der Waals surface area contributed by atoms with Gasteiger partial charge in [0.2, 0.25) is 0 Å². The highest BCUT2D eigenvalue weighted by Crippen LogP contribution is 2.28. The molecule has 2 aromatic rings. The van der Waals surface area contributed by atoms with Gasteiger partial charge >= 0.3 is 0 Å². The quantitative estimate of drug-likeness (QED) is 0.884. The lowest BCUT2D eigenvalue weighted by Gasteiger charge is -2.37. The molecular formula is C20H26N2O2. The minimum absolute atomic E-state index is 0.315. The maximum Gasteiger partial charge on any atom is 0.142 e. The smallest absolute Gasteiger partial charge is 0.142 e. The van der Waals surface area contributed by atoms with E-state index >= 15 is 0 Å². The van der Waals surface area contributed by atoms with Crippen molar-refractivity contribution in [2.75, 3.05) is 44.7 Å². The van der Waals surface area contributed by atoms with E-state index < -0.39 is 0 Å². The Kier molecular flexibility index (Phi) is 5.72. The third kappa shape index (κ3) is 4.28. The topological polar surface area (TPSA) is 35.9 Å². The first-order valence-electron chi connectivity index (χ1n) is 8.58. The lowest BCUT2D eigenvalue weighted by atomic mass is 10.1. The van der Waals surface area contributed by atoms with Crippen LogP contribution >= 0.6 is 0 Å². The van der Waals surface area contributed by atoms with Crippen LogP contribution in [0.4, 0.5) is 5.69 Å². The van der Waals surface area contributed by atoms with Crippen molar-refractivity contribution in [3.8, 4) is 5.75 Å². The first kappa shape index (κ1) is 16.8. The number of rotatable bonds is 6. The zero-order chi connectivity index (χ0) is 16.8. The predicted molar refractivity (Wildman–Crippen MR) is 97.8 cm³/mol. The number of aliphatic hydroxyl groups is 1. The zero-order valence-electron chi connectivity index (χ0n) is 14.3. The minimum Gasteiger partial charge on any atom is -0.495 e. The van der Waals surface area contributed by atoms with Crippen LogP contribution in [0.2, 0.25) is 0 Å². The third-order valence-corrected chi connectivity index (χ3v) is 4.58. The number of nitrogens with zero attached hydrogens (tertiary/aromatic N) is 2. The summed E-state index contributed by atoms with van der Waals surface area (Å²) in [5.41, 5.74) is 2.35. The number of β-amino-alcohol motifs (C(OH)–C–C–N with tert-alkyl or cyclic N) is 1. The van der Waals surface area contributed by atoms with Crippen LogP contribution in [0.3, 0.4) is 0 Å². The van der Waals surface area contributed by atoms with Gasteiger partial charge in [-0.25, -0.2) is 0 Å². The normalized spacial score (nSPS) is 16.8. The van der Waals surface area contributed by atoms with Crippen LogP contribution in [-0.4, -0.2) is 55.9 Å². The van der Waals surface area contributed by atoms with E-state index in [1.807, 2.05) is 36.4 Å². The zero-order valence-corrected chi connectivity index (χ0v) is 14.3. The summed E-state index contributed by atoms with van der Waals surface area (Å²) in [7, 11) is 1.72. The van der Waals surface area contributed by atoms with Gasteiger partial charge in [0.25, 0.3) is 0 Å². The van der Waals surface area contributed by atoms with Crippen molar-refractivity contribution in [3.63, 3.8) is 0 Å². The van der Waals surface area contributed by atoms with Crippen LogP contribution in [0.25, 0.3) is 0 Å². The van der Waals surface area contributed by atoms with E-state index in [2.05, 4.69) is 28.0 Å². The molecule has 1 aliphatic rings. The maximum absolute atomic E-state index is 10.3. The van der Waals surface area contributed by atoms with Crippen LogP contribution in [0, 0.1) is 0 Å². The molecule has 128 valence electrons. The number of para-hydroxylation sites is 2. The highest BCUT2D eigenvalue weighted by atomic mass is 16.5. The summed E-state index contributed by atoms with van der Waals surface area (Å²) >= 11 is 0. The Labute approximate surface area is 144 Å². The molecule has 2 aromatic carbocycles. The fraction of sp³-hybridized carbons (Fsp3) is 0.400. The molecule has 0 bridgehead atoms. The second-order valence-corrected chi connectivity index (χ2v) is 6.30. The summed E-state index contributed by atoms with van der Waals surface area (Å²) in [6.45, 7) is 4.57. The number of hydrogen-bond acceptors (Lipinski definition) is 4. The van der Waals surface area contributed by atoms with Gasteiger partial charge in [-0.3, -0.25) is 4.90 Å². The van der Waals surface area contributed by atoms with Crippen molar-refractivity contribution in [3.05, 3.63) is 60.2 Å². The second-order valence-electron chi connectivity index (χ2n) is 6.30. The highest BCUT2D eigenvalue weighted by Gasteiger charge is 2.21. The number of piperazine rings is 1. The van der Waals surface area contributed by atoms with Crippen molar-refractivity contribution < 1.29 is 9.84 Å². The average molecular weight is 326 g/mol. The van der Waals surface area contributed by atoms with Crippen LogP contribution in [0.15, 0.2) is 54.6 Å². The van der Waals surface area contributed by atoms with E-state index in [9.17, 15) is 5.11 Å². The molecule has 0 radical (unpaired) electrons. The standard InChI is InChI=1S/C20H26N2O2/c1-24-20-10-6-5-9-19(20)22-13-11-21(12-14-22)16-18(23)15-17-7-3-2-4-8-17/h2-10,18,23H,11-16H2,1H3/t18-/m0/s1. The molecule has 4 heteroatoms. The minimum atomic E-state index is -0.315. The molecule has 1 atom stereocenters. The van der Waals surface area contributed by atoms with Gasteiger partial charge < -0.3 is 14.7 Å². The lowest BCUT2D eigenvalue weighted by Crippen LogP contribution is -2.48. The molecule has 0 saturated carbocycles. The fourth-order valence-corrected chi connectivity index (χ4v) is 3.31. The number of methoxy groups -OCH3 is 1. The molecule has 0 unspecified atom stereocenters. The first-order valence-corrected chi connectivity index (χ1v) is 8.58. The summed E-state index contributed by atoms with van der Waals surface area (Å²) in [5, 5.41) is 10.3. The van der Waals surface area contributed by atoms with E-state index in [0.717, 1.165) is 44.2 Å². The van der Waals surface area contributed by atoms with Gasteiger partial charge in [0.05, 0.1) is 18.9 Å². The molecule has 1 fully saturated rings. The maximum atomic E-state index is 10.3. The largest absolute Gasteiger partial charge is 0.495 e. The number of ether oxygens (including phenoxy) is 1. The molecule has 3 rings (SSSR count). The van der Waals surface area contributed by atoms with Gasteiger partial charge in [-0.2, -0.15) is 0 Å². The summed E-state index contributed by atoms with van der Waals surface area (Å²) in [4.78, 5) is 4.71. The molecule has 0 aliphatic carbocycles. The van der Waals surface area contributed by atoms with Crippen LogP contribution in [-0.2, 0) is 6.42 Å². The van der Waals surface area contributed by atoms with Crippen molar-refractivity contribution in [2.45, 2.75) is 12.5 Å². The van der Waals surface area contributed by atoms with E-state index in [4.69, 9.17) is 4.74 Å². The Morgan fingerprint density at radius 1 is 0.958 bits per heavy atom. The van der Waals surface area contributed by atoms with E-state index in [0.29, 0.717) is 6.42 Å². The van der Waals surface area contributed by atoms with Crippen LogP contribution in [0.5, 0.6) is 5.75 Å². The van der Waals surface area contributed by atoms with E-state index in [1.165, 1.54) is 5.56 Å². The first-order chi connectivity index (χ1) is 11.8.